The van der Waals surface area contributed by atoms with Crippen LogP contribution in [0, 0.1) is 18.3 Å². The Morgan fingerprint density at radius 3 is 2.72 bits per heavy atom. The van der Waals surface area contributed by atoms with Gasteiger partial charge in [-0.25, -0.2) is 0 Å². The van der Waals surface area contributed by atoms with Crippen LogP contribution in [0.1, 0.15) is 29.3 Å². The summed E-state index contributed by atoms with van der Waals surface area (Å²) in [6, 6.07) is 7.66. The van der Waals surface area contributed by atoms with Crippen molar-refractivity contribution in [1.82, 2.24) is 4.90 Å². The zero-order chi connectivity index (χ0) is 13.5. The van der Waals surface area contributed by atoms with Crippen LogP contribution in [-0.4, -0.2) is 30.9 Å². The minimum atomic E-state index is -0.0153. The molecule has 1 rings (SSSR count). The van der Waals surface area contributed by atoms with E-state index in [0.29, 0.717) is 25.1 Å². The summed E-state index contributed by atoms with van der Waals surface area (Å²) in [7, 11) is 1.86. The van der Waals surface area contributed by atoms with Gasteiger partial charge in [0.2, 0.25) is 0 Å². The van der Waals surface area contributed by atoms with E-state index >= 15 is 0 Å². The molecule has 1 aromatic rings. The van der Waals surface area contributed by atoms with Crippen LogP contribution in [0.25, 0.3) is 0 Å². The van der Waals surface area contributed by atoms with E-state index in [2.05, 4.69) is 11.4 Å². The molecule has 0 radical (unpaired) electrons. The molecule has 0 heterocycles. The van der Waals surface area contributed by atoms with Gasteiger partial charge in [-0.15, -0.1) is 0 Å². The van der Waals surface area contributed by atoms with Crippen molar-refractivity contribution in [2.45, 2.75) is 20.3 Å². The minimum absolute atomic E-state index is 0.0153. The second kappa shape index (κ2) is 6.65. The lowest BCUT2D eigenvalue weighted by molar-refractivity contribution is 0.0768. The van der Waals surface area contributed by atoms with Crippen LogP contribution >= 0.6 is 0 Å². The first-order valence-electron chi connectivity index (χ1n) is 6.08. The summed E-state index contributed by atoms with van der Waals surface area (Å²) >= 11 is 0. The maximum absolute atomic E-state index is 12.2. The number of amides is 1. The van der Waals surface area contributed by atoms with Crippen LogP contribution < -0.4 is 5.32 Å². The number of rotatable bonds is 5. The van der Waals surface area contributed by atoms with E-state index in [1.54, 1.807) is 4.90 Å². The molecule has 0 unspecified atom stereocenters. The fourth-order valence-electron chi connectivity index (χ4n) is 1.85. The Balaban J connectivity index is 2.89. The molecule has 4 nitrogen and oxygen atoms in total. The number of nitrogens with one attached hydrogen (secondary N) is 1. The van der Waals surface area contributed by atoms with Gasteiger partial charge in [-0.3, -0.25) is 4.79 Å². The molecule has 4 heteroatoms. The maximum atomic E-state index is 12.2. The monoisotopic (exact) mass is 245 g/mol. The number of anilines is 1. The predicted molar refractivity (Wildman–Crippen MR) is 72.5 cm³/mol. The number of carbonyl (C=O) groups is 1. The van der Waals surface area contributed by atoms with Crippen molar-refractivity contribution in [2.75, 3.05) is 25.5 Å². The van der Waals surface area contributed by atoms with Gasteiger partial charge in [0, 0.05) is 31.4 Å². The number of aryl methyl sites for hydroxylation is 1. The topological polar surface area (TPSA) is 56.1 Å². The van der Waals surface area contributed by atoms with Crippen LogP contribution in [-0.2, 0) is 0 Å². The van der Waals surface area contributed by atoms with Crippen molar-refractivity contribution in [3.05, 3.63) is 29.3 Å². The number of carbonyl (C=O) groups excluding carboxylic acids is 1. The van der Waals surface area contributed by atoms with E-state index < -0.39 is 0 Å². The third kappa shape index (κ3) is 3.24. The van der Waals surface area contributed by atoms with Gasteiger partial charge in [0.1, 0.15) is 0 Å². The largest absolute Gasteiger partial charge is 0.388 e. The van der Waals surface area contributed by atoms with Gasteiger partial charge < -0.3 is 10.2 Å². The standard InChI is InChI=1S/C14H19N3O/c1-4-17(9-5-8-15)14(18)12-6-7-13(16-3)11(2)10-12/h6-7,10,16H,4-5,9H2,1-3H3. The molecular weight excluding hydrogens is 226 g/mol. The Labute approximate surface area is 108 Å². The first-order chi connectivity index (χ1) is 8.63. The van der Waals surface area contributed by atoms with Gasteiger partial charge in [-0.2, -0.15) is 5.26 Å². The van der Waals surface area contributed by atoms with Crippen LogP contribution in [0.4, 0.5) is 5.69 Å². The van der Waals surface area contributed by atoms with Crippen molar-refractivity contribution in [1.29, 1.82) is 5.26 Å². The molecule has 0 aliphatic carbocycles. The fraction of sp³-hybridized carbons (Fsp3) is 0.429. The SMILES string of the molecule is CCN(CCC#N)C(=O)c1ccc(NC)c(C)c1. The molecule has 1 amide bonds. The molecular formula is C14H19N3O. The van der Waals surface area contributed by atoms with Gasteiger partial charge in [0.25, 0.3) is 5.91 Å². The number of hydrogen-bond acceptors (Lipinski definition) is 3. The molecule has 0 aliphatic rings. The Morgan fingerprint density at radius 1 is 1.50 bits per heavy atom. The van der Waals surface area contributed by atoms with Crippen LogP contribution in [0.15, 0.2) is 18.2 Å². The van der Waals surface area contributed by atoms with Crippen LogP contribution in [0.5, 0.6) is 0 Å². The highest BCUT2D eigenvalue weighted by atomic mass is 16.2. The van der Waals surface area contributed by atoms with E-state index in [1.165, 1.54) is 0 Å². The summed E-state index contributed by atoms with van der Waals surface area (Å²) in [5.74, 6) is -0.0153. The second-order valence-electron chi connectivity index (χ2n) is 4.07. The number of benzene rings is 1. The Hall–Kier alpha value is -2.02. The summed E-state index contributed by atoms with van der Waals surface area (Å²) < 4.78 is 0. The number of hydrogen-bond donors (Lipinski definition) is 1. The molecule has 1 N–H and O–H groups in total. The normalized spacial score (nSPS) is 9.67. The molecule has 0 saturated heterocycles. The van der Waals surface area contributed by atoms with E-state index in [1.807, 2.05) is 39.1 Å². The van der Waals surface area contributed by atoms with Gasteiger partial charge in [0.15, 0.2) is 0 Å². The molecule has 0 atom stereocenters. The summed E-state index contributed by atoms with van der Waals surface area (Å²) in [5, 5.41) is 11.7. The van der Waals surface area contributed by atoms with Crippen molar-refractivity contribution in [3.63, 3.8) is 0 Å². The molecule has 0 fully saturated rings. The van der Waals surface area contributed by atoms with Gasteiger partial charge >= 0.3 is 0 Å². The molecule has 0 spiro atoms. The maximum Gasteiger partial charge on any atom is 0.253 e. The zero-order valence-corrected chi connectivity index (χ0v) is 11.2. The lowest BCUT2D eigenvalue weighted by atomic mass is 10.1. The van der Waals surface area contributed by atoms with E-state index in [-0.39, 0.29) is 5.91 Å². The summed E-state index contributed by atoms with van der Waals surface area (Å²) in [5.41, 5.74) is 2.73. The van der Waals surface area contributed by atoms with Crippen molar-refractivity contribution >= 4 is 11.6 Å². The third-order valence-corrected chi connectivity index (χ3v) is 2.91. The highest BCUT2D eigenvalue weighted by Gasteiger charge is 2.14. The first-order valence-corrected chi connectivity index (χ1v) is 6.08. The Morgan fingerprint density at radius 2 is 2.22 bits per heavy atom. The van der Waals surface area contributed by atoms with Crippen molar-refractivity contribution in [3.8, 4) is 6.07 Å². The van der Waals surface area contributed by atoms with Crippen LogP contribution in [0.3, 0.4) is 0 Å². The van der Waals surface area contributed by atoms with E-state index in [0.717, 1.165) is 11.3 Å². The molecule has 18 heavy (non-hydrogen) atoms. The second-order valence-corrected chi connectivity index (χ2v) is 4.07. The molecule has 96 valence electrons. The zero-order valence-electron chi connectivity index (χ0n) is 11.2. The average molecular weight is 245 g/mol. The highest BCUT2D eigenvalue weighted by molar-refractivity contribution is 5.95. The third-order valence-electron chi connectivity index (χ3n) is 2.91. The lowest BCUT2D eigenvalue weighted by Gasteiger charge is -2.20. The minimum Gasteiger partial charge on any atom is -0.388 e. The first kappa shape index (κ1) is 14.0. The average Bonchev–Trinajstić information content (AvgIpc) is 2.39. The van der Waals surface area contributed by atoms with Crippen LogP contribution in [0.2, 0.25) is 0 Å². The molecule has 1 aromatic carbocycles. The quantitative estimate of drug-likeness (QED) is 0.866. The fourth-order valence-corrected chi connectivity index (χ4v) is 1.85. The number of nitriles is 1. The predicted octanol–water partition coefficient (Wildman–Crippen LogP) is 2.41. The van der Waals surface area contributed by atoms with Crippen molar-refractivity contribution in [2.24, 2.45) is 0 Å². The smallest absolute Gasteiger partial charge is 0.253 e. The van der Waals surface area contributed by atoms with Crippen molar-refractivity contribution < 1.29 is 4.79 Å². The summed E-state index contributed by atoms with van der Waals surface area (Å²) in [6.45, 7) is 4.99. The van der Waals surface area contributed by atoms with E-state index in [4.69, 9.17) is 5.26 Å². The highest BCUT2D eigenvalue weighted by Crippen LogP contribution is 2.17. The van der Waals surface area contributed by atoms with Gasteiger partial charge in [-0.1, -0.05) is 0 Å². The number of nitrogens with zero attached hydrogens (tertiary/aromatic N) is 2. The molecule has 0 bridgehead atoms. The summed E-state index contributed by atoms with van der Waals surface area (Å²) in [4.78, 5) is 13.9. The van der Waals surface area contributed by atoms with Gasteiger partial charge in [0.05, 0.1) is 12.5 Å². The molecule has 0 aliphatic heterocycles. The molecule has 0 aromatic heterocycles. The Bertz CT molecular complexity index is 463. The lowest BCUT2D eigenvalue weighted by Crippen LogP contribution is -2.31. The molecule has 0 saturated carbocycles. The summed E-state index contributed by atoms with van der Waals surface area (Å²) in [6.07, 6.45) is 0.368. The van der Waals surface area contributed by atoms with E-state index in [9.17, 15) is 4.79 Å². The Kier molecular flexibility index (Phi) is 5.19. The van der Waals surface area contributed by atoms with Gasteiger partial charge in [-0.05, 0) is 37.6 Å².